The summed E-state index contributed by atoms with van der Waals surface area (Å²) in [7, 11) is 0. The number of carbonyl (C=O) groups is 1. The smallest absolute Gasteiger partial charge is 0.243 e. The van der Waals surface area contributed by atoms with Crippen LogP contribution in [0.25, 0.3) is 0 Å². The third-order valence-electron chi connectivity index (χ3n) is 1.95. The van der Waals surface area contributed by atoms with Crippen molar-refractivity contribution in [2.45, 2.75) is 0 Å². The van der Waals surface area contributed by atoms with E-state index in [1.165, 1.54) is 6.08 Å². The second-order valence-corrected chi connectivity index (χ2v) is 3.38. The number of ether oxygens (including phenoxy) is 2. The van der Waals surface area contributed by atoms with Crippen LogP contribution in [0.3, 0.4) is 0 Å². The van der Waals surface area contributed by atoms with E-state index < -0.39 is 0 Å². The van der Waals surface area contributed by atoms with Crippen LogP contribution in [-0.2, 0) is 14.3 Å². The van der Waals surface area contributed by atoms with Gasteiger partial charge in [-0.2, -0.15) is 0 Å². The summed E-state index contributed by atoms with van der Waals surface area (Å²) in [6, 6.07) is 0. The summed E-state index contributed by atoms with van der Waals surface area (Å²) >= 11 is 0. The quantitative estimate of drug-likeness (QED) is 0.304. The van der Waals surface area contributed by atoms with Crippen LogP contribution in [0.15, 0.2) is 37.6 Å². The SMILES string of the molecule is C=CC(=C)NCCOCCOCCNC(=O)C=C. The Kier molecular flexibility index (Phi) is 10.8. The lowest BCUT2D eigenvalue weighted by molar-refractivity contribution is -0.116. The fourth-order valence-electron chi connectivity index (χ4n) is 0.996. The van der Waals surface area contributed by atoms with Crippen molar-refractivity contribution in [1.29, 1.82) is 0 Å². The summed E-state index contributed by atoms with van der Waals surface area (Å²) in [5.74, 6) is -0.191. The van der Waals surface area contributed by atoms with Crippen molar-refractivity contribution in [2.24, 2.45) is 0 Å². The molecule has 0 aliphatic rings. The van der Waals surface area contributed by atoms with E-state index in [0.717, 1.165) is 5.70 Å². The fraction of sp³-hybridized carbons (Fsp3) is 0.462. The van der Waals surface area contributed by atoms with Gasteiger partial charge in [0.15, 0.2) is 0 Å². The predicted molar refractivity (Wildman–Crippen MR) is 72.2 cm³/mol. The summed E-state index contributed by atoms with van der Waals surface area (Å²) in [5.41, 5.74) is 0.785. The van der Waals surface area contributed by atoms with Crippen molar-refractivity contribution >= 4 is 5.91 Å². The molecule has 2 N–H and O–H groups in total. The van der Waals surface area contributed by atoms with E-state index in [4.69, 9.17) is 9.47 Å². The maximum Gasteiger partial charge on any atom is 0.243 e. The second kappa shape index (κ2) is 11.9. The molecular weight excluding hydrogens is 232 g/mol. The monoisotopic (exact) mass is 254 g/mol. The number of hydrogen-bond acceptors (Lipinski definition) is 4. The molecule has 0 aliphatic heterocycles. The summed E-state index contributed by atoms with van der Waals surface area (Å²) in [6.07, 6.45) is 2.88. The highest BCUT2D eigenvalue weighted by Crippen LogP contribution is 1.83. The Morgan fingerprint density at radius 1 is 0.944 bits per heavy atom. The van der Waals surface area contributed by atoms with Gasteiger partial charge in [0.2, 0.25) is 5.91 Å². The molecule has 0 aliphatic carbocycles. The first-order chi connectivity index (χ1) is 8.70. The average Bonchev–Trinajstić information content (AvgIpc) is 2.40. The largest absolute Gasteiger partial charge is 0.383 e. The summed E-state index contributed by atoms with van der Waals surface area (Å²) < 4.78 is 10.6. The van der Waals surface area contributed by atoms with E-state index in [9.17, 15) is 4.79 Å². The van der Waals surface area contributed by atoms with Gasteiger partial charge in [-0.25, -0.2) is 0 Å². The van der Waals surface area contributed by atoms with Gasteiger partial charge in [-0.15, -0.1) is 0 Å². The van der Waals surface area contributed by atoms with E-state index in [1.807, 2.05) is 0 Å². The molecule has 0 fully saturated rings. The lowest BCUT2D eigenvalue weighted by atomic mass is 10.5. The van der Waals surface area contributed by atoms with Gasteiger partial charge in [0.25, 0.3) is 0 Å². The van der Waals surface area contributed by atoms with E-state index in [1.54, 1.807) is 6.08 Å². The maximum atomic E-state index is 10.8. The normalized spacial score (nSPS) is 9.56. The van der Waals surface area contributed by atoms with Gasteiger partial charge in [0.05, 0.1) is 26.4 Å². The molecule has 0 saturated carbocycles. The van der Waals surface area contributed by atoms with Crippen molar-refractivity contribution < 1.29 is 14.3 Å². The highest BCUT2D eigenvalue weighted by molar-refractivity contribution is 5.86. The topological polar surface area (TPSA) is 59.6 Å². The number of hydrogen-bond donors (Lipinski definition) is 2. The Morgan fingerprint density at radius 3 is 2.00 bits per heavy atom. The third-order valence-corrected chi connectivity index (χ3v) is 1.95. The molecule has 0 saturated heterocycles. The van der Waals surface area contributed by atoms with E-state index >= 15 is 0 Å². The minimum atomic E-state index is -0.191. The van der Waals surface area contributed by atoms with Crippen molar-refractivity contribution in [3.8, 4) is 0 Å². The van der Waals surface area contributed by atoms with Gasteiger partial charge in [0.1, 0.15) is 0 Å². The van der Waals surface area contributed by atoms with Gasteiger partial charge in [-0.05, 0) is 12.2 Å². The second-order valence-electron chi connectivity index (χ2n) is 3.38. The van der Waals surface area contributed by atoms with Gasteiger partial charge in [-0.1, -0.05) is 19.7 Å². The van der Waals surface area contributed by atoms with Crippen molar-refractivity contribution in [3.05, 3.63) is 37.6 Å². The standard InChI is InChI=1S/C13H22N2O3/c1-4-12(3)14-6-8-17-10-11-18-9-7-15-13(16)5-2/h4-5,14H,1-3,6-11H2,(H,15,16). The molecule has 0 aromatic heterocycles. The van der Waals surface area contributed by atoms with Gasteiger partial charge < -0.3 is 20.1 Å². The maximum absolute atomic E-state index is 10.8. The van der Waals surface area contributed by atoms with E-state index in [2.05, 4.69) is 30.4 Å². The third kappa shape index (κ3) is 10.9. The Balaban J connectivity index is 3.12. The first-order valence-corrected chi connectivity index (χ1v) is 5.81. The molecule has 0 rings (SSSR count). The van der Waals surface area contributed by atoms with Crippen molar-refractivity contribution in [3.63, 3.8) is 0 Å². The lowest BCUT2D eigenvalue weighted by Crippen LogP contribution is -2.25. The Hall–Kier alpha value is -1.59. The van der Waals surface area contributed by atoms with Crippen LogP contribution in [0.2, 0.25) is 0 Å². The summed E-state index contributed by atoms with van der Waals surface area (Å²) in [4.78, 5) is 10.8. The Bertz CT molecular complexity index is 249. The van der Waals surface area contributed by atoms with Crippen LogP contribution in [0.1, 0.15) is 0 Å². The number of carbonyl (C=O) groups excluding carboxylic acids is 1. The predicted octanol–water partition coefficient (Wildman–Crippen LogP) is 0.611. The Labute approximate surface area is 109 Å². The molecule has 0 radical (unpaired) electrons. The minimum absolute atomic E-state index is 0.191. The lowest BCUT2D eigenvalue weighted by Gasteiger charge is -2.07. The molecule has 18 heavy (non-hydrogen) atoms. The Morgan fingerprint density at radius 2 is 1.50 bits per heavy atom. The molecule has 0 unspecified atom stereocenters. The van der Waals surface area contributed by atoms with Gasteiger partial charge >= 0.3 is 0 Å². The number of rotatable bonds is 12. The molecule has 5 nitrogen and oxygen atoms in total. The molecule has 0 aromatic rings. The van der Waals surface area contributed by atoms with E-state index in [-0.39, 0.29) is 5.91 Å². The summed E-state index contributed by atoms with van der Waals surface area (Å²) in [6.45, 7) is 13.9. The highest BCUT2D eigenvalue weighted by atomic mass is 16.5. The van der Waals surface area contributed by atoms with E-state index in [0.29, 0.717) is 39.5 Å². The molecule has 1 amide bonds. The minimum Gasteiger partial charge on any atom is -0.383 e. The van der Waals surface area contributed by atoms with Crippen LogP contribution >= 0.6 is 0 Å². The first kappa shape index (κ1) is 16.4. The molecule has 0 spiro atoms. The molecule has 0 aromatic carbocycles. The fourth-order valence-corrected chi connectivity index (χ4v) is 0.996. The van der Waals surface area contributed by atoms with Gasteiger partial charge in [0, 0.05) is 18.8 Å². The van der Waals surface area contributed by atoms with Gasteiger partial charge in [-0.3, -0.25) is 4.79 Å². The zero-order valence-electron chi connectivity index (χ0n) is 10.7. The van der Waals surface area contributed by atoms with Crippen LogP contribution in [0.5, 0.6) is 0 Å². The van der Waals surface area contributed by atoms with Crippen molar-refractivity contribution in [2.75, 3.05) is 39.5 Å². The first-order valence-electron chi connectivity index (χ1n) is 5.81. The van der Waals surface area contributed by atoms with Crippen molar-refractivity contribution in [1.82, 2.24) is 10.6 Å². The molecule has 102 valence electrons. The number of allylic oxidation sites excluding steroid dienone is 1. The zero-order chi connectivity index (χ0) is 13.6. The molecule has 0 atom stereocenters. The molecular formula is C13H22N2O3. The number of nitrogens with one attached hydrogen (secondary N) is 2. The van der Waals surface area contributed by atoms with Crippen LogP contribution in [0, 0.1) is 0 Å². The zero-order valence-corrected chi connectivity index (χ0v) is 10.7. The van der Waals surface area contributed by atoms with Crippen LogP contribution in [0.4, 0.5) is 0 Å². The molecule has 0 heterocycles. The molecule has 5 heteroatoms. The average molecular weight is 254 g/mol. The number of amides is 1. The van der Waals surface area contributed by atoms with Crippen LogP contribution in [-0.4, -0.2) is 45.4 Å². The molecule has 0 bridgehead atoms. The van der Waals surface area contributed by atoms with Crippen LogP contribution < -0.4 is 10.6 Å². The summed E-state index contributed by atoms with van der Waals surface area (Å²) in [5, 5.41) is 5.64. The highest BCUT2D eigenvalue weighted by Gasteiger charge is 1.93.